The van der Waals surface area contributed by atoms with Crippen LogP contribution < -0.4 is 25.8 Å². The van der Waals surface area contributed by atoms with E-state index in [4.69, 9.17) is 26.8 Å². The monoisotopic (exact) mass is 478 g/mol. The maximum atomic E-state index is 14.9. The first-order chi connectivity index (χ1) is 15.7. The van der Waals surface area contributed by atoms with Gasteiger partial charge in [-0.25, -0.2) is 13.6 Å². The lowest BCUT2D eigenvalue weighted by Gasteiger charge is -2.16. The molecule has 0 saturated carbocycles. The van der Waals surface area contributed by atoms with Crippen molar-refractivity contribution in [3.63, 3.8) is 0 Å². The summed E-state index contributed by atoms with van der Waals surface area (Å²) in [6.45, 7) is 3.65. The number of nitrogens with one attached hydrogen (secondary N) is 2. The summed E-state index contributed by atoms with van der Waals surface area (Å²) >= 11 is 6.02. The summed E-state index contributed by atoms with van der Waals surface area (Å²) in [5, 5.41) is 4.64. The van der Waals surface area contributed by atoms with Crippen LogP contribution in [0.2, 0.25) is 5.02 Å². The van der Waals surface area contributed by atoms with Crippen molar-refractivity contribution in [1.29, 1.82) is 0 Å². The molecular weight excluding hydrogens is 458 g/mol. The zero-order valence-corrected chi connectivity index (χ0v) is 18.7. The van der Waals surface area contributed by atoms with Crippen molar-refractivity contribution in [2.45, 2.75) is 26.3 Å². The Morgan fingerprint density at radius 1 is 1.24 bits per heavy atom. The van der Waals surface area contributed by atoms with Gasteiger partial charge in [0.25, 0.3) is 5.91 Å². The molecule has 0 saturated heterocycles. The lowest BCUT2D eigenvalue weighted by atomic mass is 10.1. The summed E-state index contributed by atoms with van der Waals surface area (Å²) in [5.74, 6) is -3.71. The van der Waals surface area contributed by atoms with Crippen LogP contribution in [0, 0.1) is 11.6 Å². The molecule has 1 atom stereocenters. The molecule has 0 aliphatic carbocycles. The first-order valence-corrected chi connectivity index (χ1v) is 10.2. The van der Waals surface area contributed by atoms with Crippen LogP contribution in [0.1, 0.15) is 30.6 Å². The number of urea groups is 1. The van der Waals surface area contributed by atoms with E-state index in [2.05, 4.69) is 15.6 Å². The van der Waals surface area contributed by atoms with E-state index in [1.165, 1.54) is 31.5 Å². The number of anilines is 1. The van der Waals surface area contributed by atoms with Crippen LogP contribution in [0.25, 0.3) is 10.9 Å². The summed E-state index contributed by atoms with van der Waals surface area (Å²) in [5.41, 5.74) is 5.50. The second-order valence-corrected chi connectivity index (χ2v) is 7.49. The van der Waals surface area contributed by atoms with Crippen LogP contribution in [0.5, 0.6) is 17.2 Å². The summed E-state index contributed by atoms with van der Waals surface area (Å²) in [7, 11) is 1.36. The highest BCUT2D eigenvalue weighted by Gasteiger charge is 2.22. The maximum Gasteiger partial charge on any atom is 0.319 e. The number of methoxy groups -OCH3 is 1. The number of pyridine rings is 1. The minimum atomic E-state index is -1.22. The standard InChI is InChI=1S/C22H21ClF2N4O4/c1-4-10(2)28-22(31)29-15-8-13(24)20(19(25)18(15)23)33-16-5-6-27-14-9-17(32-3)12(21(26)30)7-11(14)16/h5-10H,4H2,1-3H3,(H2,26,30)(H2,28,29,31). The van der Waals surface area contributed by atoms with Crippen LogP contribution in [0.15, 0.2) is 30.5 Å². The molecule has 0 radical (unpaired) electrons. The summed E-state index contributed by atoms with van der Waals surface area (Å²) in [6.07, 6.45) is 2.02. The van der Waals surface area contributed by atoms with Gasteiger partial charge >= 0.3 is 6.03 Å². The molecule has 33 heavy (non-hydrogen) atoms. The molecule has 3 amide bonds. The number of benzene rings is 2. The Morgan fingerprint density at radius 3 is 2.61 bits per heavy atom. The van der Waals surface area contributed by atoms with E-state index < -0.39 is 34.3 Å². The Labute approximate surface area is 193 Å². The van der Waals surface area contributed by atoms with Crippen molar-refractivity contribution in [2.75, 3.05) is 12.4 Å². The van der Waals surface area contributed by atoms with E-state index in [-0.39, 0.29) is 34.2 Å². The number of nitrogens with zero attached hydrogens (tertiary/aromatic N) is 1. The zero-order chi connectivity index (χ0) is 24.3. The number of halogens is 3. The van der Waals surface area contributed by atoms with E-state index in [1.807, 2.05) is 6.92 Å². The molecule has 3 rings (SSSR count). The molecule has 174 valence electrons. The van der Waals surface area contributed by atoms with Gasteiger partial charge in [-0.3, -0.25) is 9.78 Å². The number of hydrogen-bond donors (Lipinski definition) is 3. The number of carbonyl (C=O) groups excluding carboxylic acids is 2. The van der Waals surface area contributed by atoms with E-state index in [0.29, 0.717) is 11.9 Å². The second kappa shape index (κ2) is 9.86. The van der Waals surface area contributed by atoms with Crippen LogP contribution in [0.3, 0.4) is 0 Å². The molecule has 4 N–H and O–H groups in total. The third-order valence-electron chi connectivity index (χ3n) is 4.85. The maximum absolute atomic E-state index is 14.9. The molecule has 0 aliphatic rings. The Bertz CT molecular complexity index is 1240. The van der Waals surface area contributed by atoms with Crippen LogP contribution in [0.4, 0.5) is 19.3 Å². The molecule has 0 spiro atoms. The van der Waals surface area contributed by atoms with Gasteiger partial charge in [0.1, 0.15) is 16.5 Å². The number of aromatic nitrogens is 1. The van der Waals surface area contributed by atoms with Gasteiger partial charge in [0, 0.05) is 29.8 Å². The zero-order valence-electron chi connectivity index (χ0n) is 18.0. The Kier molecular flexibility index (Phi) is 7.17. The number of carbonyl (C=O) groups is 2. The third-order valence-corrected chi connectivity index (χ3v) is 5.22. The molecule has 3 aromatic rings. The SMILES string of the molecule is CCC(C)NC(=O)Nc1cc(F)c(Oc2ccnc3cc(OC)c(C(N)=O)cc23)c(F)c1Cl. The first kappa shape index (κ1) is 24.0. The van der Waals surface area contributed by atoms with Crippen LogP contribution in [-0.2, 0) is 0 Å². The van der Waals surface area contributed by atoms with Gasteiger partial charge in [-0.05, 0) is 25.5 Å². The van der Waals surface area contributed by atoms with E-state index in [0.717, 1.165) is 6.07 Å². The molecule has 0 fully saturated rings. The van der Waals surface area contributed by atoms with Crippen LogP contribution >= 0.6 is 11.6 Å². The fraction of sp³-hybridized carbons (Fsp3) is 0.227. The summed E-state index contributed by atoms with van der Waals surface area (Å²) in [4.78, 5) is 27.9. The predicted molar refractivity (Wildman–Crippen MR) is 120 cm³/mol. The van der Waals surface area contributed by atoms with E-state index in [1.54, 1.807) is 6.92 Å². The topological polar surface area (TPSA) is 116 Å². The minimum absolute atomic E-state index is 0.00533. The molecule has 1 aromatic heterocycles. The molecule has 8 nitrogen and oxygen atoms in total. The quantitative estimate of drug-likeness (QED) is 0.414. The highest BCUT2D eigenvalue weighted by Crippen LogP contribution is 2.39. The van der Waals surface area contributed by atoms with Crippen molar-refractivity contribution < 1.29 is 27.8 Å². The lowest BCUT2D eigenvalue weighted by Crippen LogP contribution is -2.35. The summed E-state index contributed by atoms with van der Waals surface area (Å²) in [6, 6.07) is 4.20. The number of ether oxygens (including phenoxy) is 2. The predicted octanol–water partition coefficient (Wildman–Crippen LogP) is 4.99. The normalized spacial score (nSPS) is 11.7. The van der Waals surface area contributed by atoms with Gasteiger partial charge in [0.15, 0.2) is 17.4 Å². The molecule has 1 heterocycles. The van der Waals surface area contributed by atoms with Gasteiger partial charge in [-0.15, -0.1) is 0 Å². The highest BCUT2D eigenvalue weighted by atomic mass is 35.5. The Hall–Kier alpha value is -3.66. The van der Waals surface area contributed by atoms with Gasteiger partial charge in [-0.1, -0.05) is 18.5 Å². The number of nitrogens with two attached hydrogens (primary N) is 1. The average molecular weight is 479 g/mol. The van der Waals surface area contributed by atoms with Crippen LogP contribution in [-0.4, -0.2) is 30.1 Å². The van der Waals surface area contributed by atoms with E-state index in [9.17, 15) is 18.4 Å². The molecule has 0 aliphatic heterocycles. The number of rotatable bonds is 7. The van der Waals surface area contributed by atoms with Gasteiger partial charge in [0.05, 0.1) is 23.9 Å². The van der Waals surface area contributed by atoms with Crippen molar-refractivity contribution in [1.82, 2.24) is 10.3 Å². The Morgan fingerprint density at radius 2 is 1.97 bits per heavy atom. The highest BCUT2D eigenvalue weighted by molar-refractivity contribution is 6.34. The fourth-order valence-electron chi connectivity index (χ4n) is 2.96. The second-order valence-electron chi connectivity index (χ2n) is 7.12. The number of hydrogen-bond acceptors (Lipinski definition) is 5. The molecule has 11 heteroatoms. The van der Waals surface area contributed by atoms with Gasteiger partial charge < -0.3 is 25.8 Å². The Balaban J connectivity index is 2.00. The van der Waals surface area contributed by atoms with Crippen molar-refractivity contribution in [3.05, 3.63) is 52.7 Å². The van der Waals surface area contributed by atoms with E-state index >= 15 is 0 Å². The molecule has 0 bridgehead atoms. The molecule has 1 unspecified atom stereocenters. The van der Waals surface area contributed by atoms with Gasteiger partial charge in [0.2, 0.25) is 0 Å². The number of primary amides is 1. The fourth-order valence-corrected chi connectivity index (χ4v) is 3.14. The van der Waals surface area contributed by atoms with Crippen molar-refractivity contribution in [3.8, 4) is 17.2 Å². The minimum Gasteiger partial charge on any atom is -0.496 e. The molecular formula is C22H21ClF2N4O4. The average Bonchev–Trinajstić information content (AvgIpc) is 2.78. The molecule has 2 aromatic carbocycles. The van der Waals surface area contributed by atoms with Gasteiger partial charge in [-0.2, -0.15) is 0 Å². The largest absolute Gasteiger partial charge is 0.496 e. The lowest BCUT2D eigenvalue weighted by molar-refractivity contribution is 0.0997. The number of fused-ring (bicyclic) bond motifs is 1. The summed E-state index contributed by atoms with van der Waals surface area (Å²) < 4.78 is 40.3. The van der Waals surface area contributed by atoms with Crippen molar-refractivity contribution >= 4 is 40.1 Å². The number of amides is 3. The van der Waals surface area contributed by atoms with Crippen molar-refractivity contribution in [2.24, 2.45) is 5.73 Å². The first-order valence-electron chi connectivity index (χ1n) is 9.85. The third kappa shape index (κ3) is 5.06. The smallest absolute Gasteiger partial charge is 0.319 e.